The number of morpholine rings is 1. The summed E-state index contributed by atoms with van der Waals surface area (Å²) in [6, 6.07) is 6.88. The second-order valence-corrected chi connectivity index (χ2v) is 7.93. The molecule has 0 N–H and O–H groups in total. The Bertz CT molecular complexity index is 895. The van der Waals surface area contributed by atoms with E-state index in [9.17, 15) is 9.59 Å². The van der Waals surface area contributed by atoms with E-state index in [2.05, 4.69) is 13.8 Å². The molecule has 1 fully saturated rings. The zero-order valence-corrected chi connectivity index (χ0v) is 17.2. The zero-order chi connectivity index (χ0) is 21.1. The second-order valence-electron chi connectivity index (χ2n) is 7.93. The van der Waals surface area contributed by atoms with E-state index in [4.69, 9.17) is 18.6 Å². The first-order valence-corrected chi connectivity index (χ1v) is 10.1. The fourth-order valence-corrected chi connectivity index (χ4v) is 3.72. The van der Waals surface area contributed by atoms with Gasteiger partial charge in [-0.15, -0.1) is 0 Å². The zero-order valence-electron chi connectivity index (χ0n) is 17.2. The first-order chi connectivity index (χ1) is 14.5. The van der Waals surface area contributed by atoms with Gasteiger partial charge in [-0.25, -0.2) is 0 Å². The third-order valence-electron chi connectivity index (χ3n) is 5.11. The van der Waals surface area contributed by atoms with Crippen molar-refractivity contribution in [2.75, 3.05) is 39.6 Å². The van der Waals surface area contributed by atoms with Crippen LogP contribution in [0.5, 0.6) is 11.5 Å². The number of hydrogen-bond acceptors (Lipinski definition) is 6. The van der Waals surface area contributed by atoms with E-state index in [1.807, 2.05) is 0 Å². The van der Waals surface area contributed by atoms with Crippen molar-refractivity contribution in [3.63, 3.8) is 0 Å². The Kier molecular flexibility index (Phi) is 5.94. The van der Waals surface area contributed by atoms with Crippen molar-refractivity contribution in [2.24, 2.45) is 5.92 Å². The van der Waals surface area contributed by atoms with Crippen molar-refractivity contribution >= 4 is 11.8 Å². The molecule has 30 heavy (non-hydrogen) atoms. The molecule has 0 radical (unpaired) electrons. The molecule has 0 spiro atoms. The van der Waals surface area contributed by atoms with E-state index in [1.165, 1.54) is 12.5 Å². The van der Waals surface area contributed by atoms with Crippen molar-refractivity contribution in [2.45, 2.75) is 20.0 Å². The summed E-state index contributed by atoms with van der Waals surface area (Å²) >= 11 is 0. The molecule has 4 rings (SSSR count). The van der Waals surface area contributed by atoms with Gasteiger partial charge in [-0.3, -0.25) is 9.59 Å². The highest BCUT2D eigenvalue weighted by Gasteiger charge is 2.29. The monoisotopic (exact) mass is 414 g/mol. The van der Waals surface area contributed by atoms with Crippen LogP contribution in [0.3, 0.4) is 0 Å². The van der Waals surface area contributed by atoms with Gasteiger partial charge < -0.3 is 28.4 Å². The maximum absolute atomic E-state index is 13.2. The standard InChI is InChI=1S/C22H26N2O6/c1-15(2)10-24(21(25)16-3-4-19-20(9-16)30-14-29-19)12-18-11-23(6-8-28-18)22(26)17-5-7-27-13-17/h3-5,7,9,13,15,18H,6,8,10-12,14H2,1-2H3. The summed E-state index contributed by atoms with van der Waals surface area (Å²) in [5, 5.41) is 0. The van der Waals surface area contributed by atoms with Crippen LogP contribution in [0, 0.1) is 5.92 Å². The van der Waals surface area contributed by atoms with Gasteiger partial charge in [0, 0.05) is 31.7 Å². The summed E-state index contributed by atoms with van der Waals surface area (Å²) < 4.78 is 21.7. The van der Waals surface area contributed by atoms with Crippen LogP contribution in [-0.4, -0.2) is 67.3 Å². The molecule has 2 aliphatic heterocycles. The smallest absolute Gasteiger partial charge is 0.257 e. The summed E-state index contributed by atoms with van der Waals surface area (Å²) in [6.45, 7) is 6.66. The molecule has 1 saturated heterocycles. The first-order valence-electron chi connectivity index (χ1n) is 10.1. The van der Waals surface area contributed by atoms with Crippen LogP contribution in [0.4, 0.5) is 0 Å². The highest BCUT2D eigenvalue weighted by atomic mass is 16.7. The van der Waals surface area contributed by atoms with Crippen LogP contribution in [0.1, 0.15) is 34.6 Å². The number of carbonyl (C=O) groups excluding carboxylic acids is 2. The average molecular weight is 414 g/mol. The lowest BCUT2D eigenvalue weighted by Crippen LogP contribution is -2.51. The second kappa shape index (κ2) is 8.79. The minimum atomic E-state index is -0.258. The van der Waals surface area contributed by atoms with Crippen LogP contribution in [0.25, 0.3) is 0 Å². The molecule has 0 aliphatic carbocycles. The molecule has 0 bridgehead atoms. The van der Waals surface area contributed by atoms with E-state index in [0.29, 0.717) is 55.4 Å². The van der Waals surface area contributed by atoms with Gasteiger partial charge in [0.1, 0.15) is 6.26 Å². The molecular formula is C22H26N2O6. The topological polar surface area (TPSA) is 81.5 Å². The largest absolute Gasteiger partial charge is 0.472 e. The number of carbonyl (C=O) groups is 2. The summed E-state index contributed by atoms with van der Waals surface area (Å²) in [6.07, 6.45) is 2.67. The van der Waals surface area contributed by atoms with Gasteiger partial charge in [-0.2, -0.15) is 0 Å². The predicted molar refractivity (Wildman–Crippen MR) is 108 cm³/mol. The van der Waals surface area contributed by atoms with E-state index >= 15 is 0 Å². The Morgan fingerprint density at radius 2 is 2.00 bits per heavy atom. The third-order valence-corrected chi connectivity index (χ3v) is 5.11. The maximum Gasteiger partial charge on any atom is 0.257 e. The van der Waals surface area contributed by atoms with Crippen molar-refractivity contribution < 1.29 is 28.2 Å². The number of fused-ring (bicyclic) bond motifs is 1. The van der Waals surface area contributed by atoms with Crippen LogP contribution in [-0.2, 0) is 4.74 Å². The Balaban J connectivity index is 1.46. The minimum Gasteiger partial charge on any atom is -0.472 e. The van der Waals surface area contributed by atoms with Gasteiger partial charge in [-0.1, -0.05) is 13.8 Å². The van der Waals surface area contributed by atoms with E-state index in [1.54, 1.807) is 34.1 Å². The van der Waals surface area contributed by atoms with Crippen LogP contribution < -0.4 is 9.47 Å². The Morgan fingerprint density at radius 1 is 1.17 bits per heavy atom. The van der Waals surface area contributed by atoms with Gasteiger partial charge >= 0.3 is 0 Å². The fraction of sp³-hybridized carbons (Fsp3) is 0.455. The van der Waals surface area contributed by atoms with Gasteiger partial charge in [0.2, 0.25) is 6.79 Å². The normalized spacial score (nSPS) is 18.0. The lowest BCUT2D eigenvalue weighted by Gasteiger charge is -2.36. The molecule has 8 nitrogen and oxygen atoms in total. The number of hydrogen-bond donors (Lipinski definition) is 0. The third kappa shape index (κ3) is 4.43. The van der Waals surface area contributed by atoms with Crippen molar-refractivity contribution in [3.8, 4) is 11.5 Å². The number of amides is 2. The Labute approximate surface area is 175 Å². The highest BCUT2D eigenvalue weighted by molar-refractivity contribution is 5.95. The van der Waals surface area contributed by atoms with Crippen molar-refractivity contribution in [1.29, 1.82) is 0 Å². The molecule has 3 heterocycles. The molecule has 1 aromatic heterocycles. The highest BCUT2D eigenvalue weighted by Crippen LogP contribution is 2.33. The predicted octanol–water partition coefficient (Wildman–Crippen LogP) is 2.65. The number of nitrogens with zero attached hydrogens (tertiary/aromatic N) is 2. The van der Waals surface area contributed by atoms with Gasteiger partial charge in [0.15, 0.2) is 11.5 Å². The molecule has 1 atom stereocenters. The molecule has 2 amide bonds. The molecule has 1 unspecified atom stereocenters. The van der Waals surface area contributed by atoms with Gasteiger partial charge in [0.25, 0.3) is 11.8 Å². The van der Waals surface area contributed by atoms with Crippen LogP contribution in [0.2, 0.25) is 0 Å². The van der Waals surface area contributed by atoms with Crippen molar-refractivity contribution in [3.05, 3.63) is 47.9 Å². The lowest BCUT2D eigenvalue weighted by atomic mass is 10.1. The van der Waals surface area contributed by atoms with Crippen LogP contribution in [0.15, 0.2) is 41.2 Å². The maximum atomic E-state index is 13.2. The lowest BCUT2D eigenvalue weighted by molar-refractivity contribution is -0.0340. The number of benzene rings is 1. The van der Waals surface area contributed by atoms with Crippen LogP contribution >= 0.6 is 0 Å². The van der Waals surface area contributed by atoms with Gasteiger partial charge in [-0.05, 0) is 30.2 Å². The molecule has 160 valence electrons. The summed E-state index contributed by atoms with van der Waals surface area (Å²) in [7, 11) is 0. The van der Waals surface area contributed by atoms with E-state index < -0.39 is 0 Å². The molecule has 1 aromatic carbocycles. The number of rotatable bonds is 6. The van der Waals surface area contributed by atoms with E-state index in [0.717, 1.165) is 0 Å². The fourth-order valence-electron chi connectivity index (χ4n) is 3.72. The molecule has 2 aliphatic rings. The first kappa shape index (κ1) is 20.3. The quantitative estimate of drug-likeness (QED) is 0.723. The molecular weight excluding hydrogens is 388 g/mol. The average Bonchev–Trinajstić information content (AvgIpc) is 3.43. The SMILES string of the molecule is CC(C)CN(CC1CN(C(=O)c2ccoc2)CCO1)C(=O)c1ccc2c(c1)OCO2. The van der Waals surface area contributed by atoms with E-state index in [-0.39, 0.29) is 30.6 Å². The Hall–Kier alpha value is -3.00. The van der Waals surface area contributed by atoms with Gasteiger partial charge in [0.05, 0.1) is 24.5 Å². The molecule has 2 aromatic rings. The summed E-state index contributed by atoms with van der Waals surface area (Å²) in [5.74, 6) is 1.33. The number of ether oxygens (including phenoxy) is 3. The van der Waals surface area contributed by atoms with Crippen molar-refractivity contribution in [1.82, 2.24) is 9.80 Å². The number of furan rings is 1. The minimum absolute atomic E-state index is 0.0884. The molecule has 8 heteroatoms. The molecule has 0 saturated carbocycles. The summed E-state index contributed by atoms with van der Waals surface area (Å²) in [5.41, 5.74) is 1.06. The summed E-state index contributed by atoms with van der Waals surface area (Å²) in [4.78, 5) is 29.4. The Morgan fingerprint density at radius 3 is 2.77 bits per heavy atom.